The molecule has 1 saturated heterocycles. The average Bonchev–Trinajstić information content (AvgIpc) is 2.61. The Kier molecular flexibility index (Phi) is 3.62. The van der Waals surface area contributed by atoms with Gasteiger partial charge in [0.2, 0.25) is 0 Å². The van der Waals surface area contributed by atoms with Crippen LogP contribution < -0.4 is 0 Å². The number of fused-ring (bicyclic) bond motifs is 2. The fourth-order valence-corrected chi connectivity index (χ4v) is 7.30. The number of rotatable bonds is 3. The second-order valence-corrected chi connectivity index (χ2v) is 10.2. The van der Waals surface area contributed by atoms with Crippen molar-refractivity contribution in [3.8, 4) is 0 Å². The molecule has 1 unspecified atom stereocenters. The molecule has 4 bridgehead atoms. The summed E-state index contributed by atoms with van der Waals surface area (Å²) in [5, 5.41) is 12.3. The van der Waals surface area contributed by atoms with E-state index in [-0.39, 0.29) is 0 Å². The molecular formula is C24H27ClN2O. The van der Waals surface area contributed by atoms with Gasteiger partial charge in [-0.3, -0.25) is 4.90 Å². The van der Waals surface area contributed by atoms with Crippen molar-refractivity contribution >= 4 is 11.6 Å². The minimum atomic E-state index is -0.748. The van der Waals surface area contributed by atoms with E-state index in [1.807, 2.05) is 12.1 Å². The lowest BCUT2D eigenvalue weighted by Gasteiger charge is -2.76. The average molecular weight is 395 g/mol. The van der Waals surface area contributed by atoms with Gasteiger partial charge in [0.05, 0.1) is 5.60 Å². The van der Waals surface area contributed by atoms with Gasteiger partial charge in [-0.05, 0) is 55.4 Å². The number of nitrogens with zero attached hydrogens (tertiary/aromatic N) is 2. The molecule has 7 rings (SSSR count). The lowest BCUT2D eigenvalue weighted by Crippen LogP contribution is -2.79. The minimum absolute atomic E-state index is 0.292. The molecule has 4 aliphatic carbocycles. The van der Waals surface area contributed by atoms with Gasteiger partial charge in [-0.1, -0.05) is 48.4 Å². The Morgan fingerprint density at radius 1 is 0.964 bits per heavy atom. The van der Waals surface area contributed by atoms with Gasteiger partial charge in [0.15, 0.2) is 0 Å². The van der Waals surface area contributed by atoms with E-state index in [0.29, 0.717) is 27.9 Å². The fourth-order valence-electron chi connectivity index (χ4n) is 7.13. The predicted octanol–water partition coefficient (Wildman–Crippen LogP) is 4.53. The highest BCUT2D eigenvalue weighted by molar-refractivity contribution is 6.29. The first kappa shape index (κ1) is 17.4. The van der Waals surface area contributed by atoms with E-state index in [4.69, 9.17) is 11.6 Å². The van der Waals surface area contributed by atoms with Gasteiger partial charge < -0.3 is 5.11 Å². The Labute approximate surface area is 171 Å². The summed E-state index contributed by atoms with van der Waals surface area (Å²) in [5.74, 6) is 0.584. The number of aromatic nitrogens is 1. The van der Waals surface area contributed by atoms with Crippen LogP contribution in [0.1, 0.15) is 49.7 Å². The van der Waals surface area contributed by atoms with E-state index < -0.39 is 5.60 Å². The molecule has 0 amide bonds. The predicted molar refractivity (Wildman–Crippen MR) is 110 cm³/mol. The molecule has 4 saturated carbocycles. The standard InChI is InChI=1S/C24H27ClN2O/c25-21-11-18(9-10-26-21)24(28)19-7-4-8-20(24)13-27(12-19)23-14-22(15-23,16-23)17-5-2-1-3-6-17/h1-3,5-6,9-11,19-20,28H,4,7-8,12-16H2/t19-,20+,22?,23?,24?. The van der Waals surface area contributed by atoms with Gasteiger partial charge in [-0.15, -0.1) is 0 Å². The molecule has 0 spiro atoms. The van der Waals surface area contributed by atoms with Crippen LogP contribution in [0.3, 0.4) is 0 Å². The lowest BCUT2D eigenvalue weighted by molar-refractivity contribution is -0.229. The summed E-state index contributed by atoms with van der Waals surface area (Å²) in [4.78, 5) is 6.88. The zero-order valence-corrected chi connectivity index (χ0v) is 16.9. The quantitative estimate of drug-likeness (QED) is 0.777. The van der Waals surface area contributed by atoms with Crippen LogP contribution in [0.2, 0.25) is 5.15 Å². The summed E-state index contributed by atoms with van der Waals surface area (Å²) in [7, 11) is 0. The summed E-state index contributed by atoms with van der Waals surface area (Å²) in [6.45, 7) is 2.02. The smallest absolute Gasteiger partial charge is 0.129 e. The number of aliphatic hydroxyl groups is 1. The molecule has 1 aromatic carbocycles. The van der Waals surface area contributed by atoms with Crippen LogP contribution in [0.15, 0.2) is 48.7 Å². The van der Waals surface area contributed by atoms with Crippen LogP contribution in [-0.4, -0.2) is 33.6 Å². The monoisotopic (exact) mass is 394 g/mol. The maximum atomic E-state index is 11.8. The van der Waals surface area contributed by atoms with Crippen LogP contribution in [-0.2, 0) is 11.0 Å². The van der Waals surface area contributed by atoms with Crippen LogP contribution in [0.25, 0.3) is 0 Å². The molecule has 5 fully saturated rings. The van der Waals surface area contributed by atoms with Crippen molar-refractivity contribution < 1.29 is 5.11 Å². The Bertz CT molecular complexity index is 880. The van der Waals surface area contributed by atoms with Crippen molar-refractivity contribution in [2.24, 2.45) is 11.8 Å². The summed E-state index contributed by atoms with van der Waals surface area (Å²) >= 11 is 6.16. The molecule has 1 aromatic heterocycles. The number of pyridine rings is 1. The molecule has 146 valence electrons. The van der Waals surface area contributed by atoms with Gasteiger partial charge >= 0.3 is 0 Å². The Balaban J connectivity index is 1.25. The van der Waals surface area contributed by atoms with Crippen LogP contribution in [0.5, 0.6) is 0 Å². The first-order chi connectivity index (χ1) is 13.5. The summed E-state index contributed by atoms with van der Waals surface area (Å²) in [6.07, 6.45) is 9.05. The Morgan fingerprint density at radius 2 is 1.64 bits per heavy atom. The second kappa shape index (κ2) is 5.81. The Morgan fingerprint density at radius 3 is 2.29 bits per heavy atom. The molecule has 1 N–H and O–H groups in total. The third kappa shape index (κ3) is 2.21. The molecule has 2 heterocycles. The lowest BCUT2D eigenvalue weighted by atomic mass is 9.36. The molecule has 2 aromatic rings. The van der Waals surface area contributed by atoms with Crippen molar-refractivity contribution in [3.05, 3.63) is 64.9 Å². The summed E-state index contributed by atoms with van der Waals surface area (Å²) < 4.78 is 0. The number of hydrogen-bond acceptors (Lipinski definition) is 3. The molecule has 5 aliphatic rings. The topological polar surface area (TPSA) is 36.4 Å². The first-order valence-electron chi connectivity index (χ1n) is 10.7. The summed E-state index contributed by atoms with van der Waals surface area (Å²) in [6, 6.07) is 14.9. The van der Waals surface area contributed by atoms with Gasteiger partial charge in [0, 0.05) is 42.1 Å². The van der Waals surface area contributed by atoms with Crippen LogP contribution in [0, 0.1) is 11.8 Å². The van der Waals surface area contributed by atoms with Crippen molar-refractivity contribution in [2.75, 3.05) is 13.1 Å². The maximum Gasteiger partial charge on any atom is 0.129 e. The molecule has 1 aliphatic heterocycles. The largest absolute Gasteiger partial charge is 0.384 e. The van der Waals surface area contributed by atoms with Crippen molar-refractivity contribution in [1.29, 1.82) is 0 Å². The van der Waals surface area contributed by atoms with E-state index in [0.717, 1.165) is 31.5 Å². The molecular weight excluding hydrogens is 368 g/mol. The maximum absolute atomic E-state index is 11.8. The molecule has 0 radical (unpaired) electrons. The highest BCUT2D eigenvalue weighted by Gasteiger charge is 2.71. The van der Waals surface area contributed by atoms with E-state index in [2.05, 4.69) is 40.2 Å². The zero-order chi connectivity index (χ0) is 19.0. The van der Waals surface area contributed by atoms with Crippen LogP contribution in [0.4, 0.5) is 0 Å². The summed E-state index contributed by atoms with van der Waals surface area (Å²) in [5.41, 5.74) is 2.57. The normalized spacial score (nSPS) is 41.8. The number of piperidine rings is 1. The number of hydrogen-bond donors (Lipinski definition) is 1. The minimum Gasteiger partial charge on any atom is -0.384 e. The number of likely N-dealkylation sites (tertiary alicyclic amines) is 1. The second-order valence-electron chi connectivity index (χ2n) is 9.82. The van der Waals surface area contributed by atoms with Crippen molar-refractivity contribution in [1.82, 2.24) is 9.88 Å². The molecule has 28 heavy (non-hydrogen) atoms. The van der Waals surface area contributed by atoms with E-state index in [1.54, 1.807) is 6.20 Å². The molecule has 3 atom stereocenters. The van der Waals surface area contributed by atoms with Gasteiger partial charge in [-0.2, -0.15) is 0 Å². The fraction of sp³-hybridized carbons (Fsp3) is 0.542. The van der Waals surface area contributed by atoms with Crippen LogP contribution >= 0.6 is 11.6 Å². The van der Waals surface area contributed by atoms with Gasteiger partial charge in [0.25, 0.3) is 0 Å². The first-order valence-corrected chi connectivity index (χ1v) is 11.1. The van der Waals surface area contributed by atoms with Crippen molar-refractivity contribution in [3.63, 3.8) is 0 Å². The third-order valence-corrected chi connectivity index (χ3v) is 8.69. The number of benzene rings is 1. The zero-order valence-electron chi connectivity index (χ0n) is 16.1. The SMILES string of the molecule is OC1(c2ccnc(Cl)c2)[C@@H]2CCC[C@H]1CN(C13CC(c4ccccc4)(C1)C3)C2. The number of halogens is 1. The highest BCUT2D eigenvalue weighted by Crippen LogP contribution is 2.71. The highest BCUT2D eigenvalue weighted by atomic mass is 35.5. The Hall–Kier alpha value is -1.42. The van der Waals surface area contributed by atoms with E-state index in [9.17, 15) is 5.11 Å². The van der Waals surface area contributed by atoms with E-state index >= 15 is 0 Å². The van der Waals surface area contributed by atoms with Gasteiger partial charge in [0.1, 0.15) is 5.15 Å². The van der Waals surface area contributed by atoms with E-state index in [1.165, 1.54) is 31.2 Å². The third-order valence-electron chi connectivity index (χ3n) is 8.48. The molecule has 4 heteroatoms. The van der Waals surface area contributed by atoms with Gasteiger partial charge in [-0.25, -0.2) is 4.98 Å². The molecule has 3 nitrogen and oxygen atoms in total. The van der Waals surface area contributed by atoms with Crippen molar-refractivity contribution in [2.45, 2.75) is 55.1 Å².